The van der Waals surface area contributed by atoms with Crippen LogP contribution in [0.1, 0.15) is 49.2 Å². The normalized spacial score (nSPS) is 17.0. The van der Waals surface area contributed by atoms with Gasteiger partial charge in [0.05, 0.1) is 12.2 Å². The van der Waals surface area contributed by atoms with Crippen LogP contribution < -0.4 is 9.64 Å². The molecule has 0 aromatic heterocycles. The summed E-state index contributed by atoms with van der Waals surface area (Å²) in [5, 5.41) is 0. The predicted octanol–water partition coefficient (Wildman–Crippen LogP) is 4.11. The van der Waals surface area contributed by atoms with Crippen LogP contribution in [0.3, 0.4) is 0 Å². The molecule has 4 nitrogen and oxygen atoms in total. The monoisotopic (exact) mass is 337 g/mol. The van der Waals surface area contributed by atoms with Crippen molar-refractivity contribution in [3.05, 3.63) is 59.2 Å². The molecule has 2 aromatic carbocycles. The number of amides is 1. The summed E-state index contributed by atoms with van der Waals surface area (Å²) in [5.41, 5.74) is 3.55. The molecule has 0 saturated heterocycles. The number of rotatable bonds is 3. The highest BCUT2D eigenvalue weighted by Gasteiger charge is 2.31. The van der Waals surface area contributed by atoms with Gasteiger partial charge in [0.2, 0.25) is 0 Å². The van der Waals surface area contributed by atoms with Gasteiger partial charge in [-0.2, -0.15) is 0 Å². The fourth-order valence-corrected chi connectivity index (χ4v) is 2.95. The second-order valence-corrected chi connectivity index (χ2v) is 7.48. The molecule has 1 unspecified atom stereocenters. The molecule has 1 amide bonds. The Hall–Kier alpha value is -2.62. The third-order valence-electron chi connectivity index (χ3n) is 4.49. The third-order valence-corrected chi connectivity index (χ3v) is 4.49. The van der Waals surface area contributed by atoms with Crippen LogP contribution in [-0.4, -0.2) is 18.3 Å². The maximum absolute atomic E-state index is 12.6. The van der Waals surface area contributed by atoms with E-state index in [9.17, 15) is 9.59 Å². The zero-order valence-corrected chi connectivity index (χ0v) is 15.1. The largest absolute Gasteiger partial charge is 0.479 e. The SMILES string of the molecule is CC1Oc2ccc(C=O)cc2N(Cc2ccc(C(C)(C)C)cc2)C1=O. The molecule has 0 bridgehead atoms. The Morgan fingerprint density at radius 3 is 2.40 bits per heavy atom. The van der Waals surface area contributed by atoms with Crippen molar-refractivity contribution in [2.24, 2.45) is 0 Å². The van der Waals surface area contributed by atoms with Gasteiger partial charge in [0, 0.05) is 5.56 Å². The minimum atomic E-state index is -0.538. The molecule has 3 rings (SSSR count). The highest BCUT2D eigenvalue weighted by Crippen LogP contribution is 2.35. The summed E-state index contributed by atoms with van der Waals surface area (Å²) < 4.78 is 5.67. The molecule has 1 aliphatic rings. The standard InChI is InChI=1S/C21H23NO3/c1-14-20(24)22(18-11-16(13-23)7-10-19(18)25-14)12-15-5-8-17(9-6-15)21(2,3)4/h5-11,13-14H,12H2,1-4H3. The number of fused-ring (bicyclic) bond motifs is 1. The topological polar surface area (TPSA) is 46.6 Å². The number of nitrogens with zero attached hydrogens (tertiary/aromatic N) is 1. The van der Waals surface area contributed by atoms with E-state index < -0.39 is 6.10 Å². The Balaban J connectivity index is 1.93. The van der Waals surface area contributed by atoms with E-state index in [2.05, 4.69) is 45.0 Å². The number of carbonyl (C=O) groups is 2. The summed E-state index contributed by atoms with van der Waals surface area (Å²) >= 11 is 0. The Morgan fingerprint density at radius 1 is 1.12 bits per heavy atom. The molecule has 0 fully saturated rings. The lowest BCUT2D eigenvalue weighted by Crippen LogP contribution is -2.44. The highest BCUT2D eigenvalue weighted by atomic mass is 16.5. The van der Waals surface area contributed by atoms with Crippen LogP contribution in [0.15, 0.2) is 42.5 Å². The van der Waals surface area contributed by atoms with Crippen molar-refractivity contribution in [2.75, 3.05) is 4.90 Å². The average molecular weight is 337 g/mol. The minimum absolute atomic E-state index is 0.0906. The summed E-state index contributed by atoms with van der Waals surface area (Å²) in [4.78, 5) is 25.4. The molecule has 0 N–H and O–H groups in total. The smallest absolute Gasteiger partial charge is 0.268 e. The molecule has 0 saturated carbocycles. The van der Waals surface area contributed by atoms with Gasteiger partial charge in [-0.1, -0.05) is 45.0 Å². The average Bonchev–Trinajstić information content (AvgIpc) is 2.58. The Morgan fingerprint density at radius 2 is 1.80 bits per heavy atom. The van der Waals surface area contributed by atoms with Crippen molar-refractivity contribution >= 4 is 17.9 Å². The third kappa shape index (κ3) is 3.43. The van der Waals surface area contributed by atoms with Gasteiger partial charge >= 0.3 is 0 Å². The zero-order chi connectivity index (χ0) is 18.2. The van der Waals surface area contributed by atoms with Crippen molar-refractivity contribution in [1.82, 2.24) is 0 Å². The Labute approximate surface area is 148 Å². The van der Waals surface area contributed by atoms with E-state index >= 15 is 0 Å². The molecule has 1 heterocycles. The molecule has 0 aliphatic carbocycles. The molecule has 0 radical (unpaired) electrons. The van der Waals surface area contributed by atoms with Crippen LogP contribution >= 0.6 is 0 Å². The number of aldehydes is 1. The Kier molecular flexibility index (Phi) is 4.38. The highest BCUT2D eigenvalue weighted by molar-refractivity contribution is 6.00. The molecule has 1 aliphatic heterocycles. The summed E-state index contributed by atoms with van der Waals surface area (Å²) in [7, 11) is 0. The van der Waals surface area contributed by atoms with Crippen molar-refractivity contribution < 1.29 is 14.3 Å². The van der Waals surface area contributed by atoms with Gasteiger partial charge in [-0.05, 0) is 41.7 Å². The van der Waals surface area contributed by atoms with E-state index in [-0.39, 0.29) is 11.3 Å². The van der Waals surface area contributed by atoms with Crippen molar-refractivity contribution in [1.29, 1.82) is 0 Å². The van der Waals surface area contributed by atoms with Gasteiger partial charge in [-0.25, -0.2) is 0 Å². The molecule has 2 aromatic rings. The van der Waals surface area contributed by atoms with E-state index in [1.54, 1.807) is 30.0 Å². The lowest BCUT2D eigenvalue weighted by molar-refractivity contribution is -0.125. The van der Waals surface area contributed by atoms with Crippen LogP contribution in [0.2, 0.25) is 0 Å². The lowest BCUT2D eigenvalue weighted by Gasteiger charge is -2.33. The zero-order valence-electron chi connectivity index (χ0n) is 15.1. The first kappa shape index (κ1) is 17.2. The molecular weight excluding hydrogens is 314 g/mol. The molecule has 1 atom stereocenters. The van der Waals surface area contributed by atoms with Gasteiger partial charge in [0.15, 0.2) is 6.10 Å². The van der Waals surface area contributed by atoms with Gasteiger partial charge < -0.3 is 9.64 Å². The van der Waals surface area contributed by atoms with E-state index in [0.29, 0.717) is 23.5 Å². The lowest BCUT2D eigenvalue weighted by atomic mass is 9.86. The second-order valence-electron chi connectivity index (χ2n) is 7.48. The number of benzene rings is 2. The van der Waals surface area contributed by atoms with Crippen LogP contribution in [0.25, 0.3) is 0 Å². The number of hydrogen-bond acceptors (Lipinski definition) is 3. The van der Waals surface area contributed by atoms with Gasteiger partial charge in [-0.3, -0.25) is 9.59 Å². The molecule has 4 heteroatoms. The summed E-state index contributed by atoms with van der Waals surface area (Å²) in [6, 6.07) is 13.5. The van der Waals surface area contributed by atoms with Crippen LogP contribution in [0, 0.1) is 0 Å². The van der Waals surface area contributed by atoms with Gasteiger partial charge in [0.25, 0.3) is 5.91 Å². The van der Waals surface area contributed by atoms with E-state index in [1.165, 1.54) is 5.56 Å². The predicted molar refractivity (Wildman–Crippen MR) is 98.3 cm³/mol. The van der Waals surface area contributed by atoms with Crippen LogP contribution in [0.4, 0.5) is 5.69 Å². The Bertz CT molecular complexity index is 803. The fraction of sp³-hybridized carbons (Fsp3) is 0.333. The van der Waals surface area contributed by atoms with E-state index in [4.69, 9.17) is 4.74 Å². The minimum Gasteiger partial charge on any atom is -0.479 e. The number of carbonyl (C=O) groups excluding carboxylic acids is 2. The second kappa shape index (κ2) is 6.36. The van der Waals surface area contributed by atoms with E-state index in [1.807, 2.05) is 0 Å². The van der Waals surface area contributed by atoms with Crippen LogP contribution in [0.5, 0.6) is 5.75 Å². The number of anilines is 1. The fourth-order valence-electron chi connectivity index (χ4n) is 2.95. The summed E-state index contributed by atoms with van der Waals surface area (Å²) in [5.74, 6) is 0.527. The quantitative estimate of drug-likeness (QED) is 0.792. The maximum atomic E-state index is 12.6. The first-order valence-electron chi connectivity index (χ1n) is 8.46. The molecule has 0 spiro atoms. The maximum Gasteiger partial charge on any atom is 0.268 e. The molecule has 25 heavy (non-hydrogen) atoms. The first-order chi connectivity index (χ1) is 11.8. The van der Waals surface area contributed by atoms with Crippen molar-refractivity contribution in [3.63, 3.8) is 0 Å². The molecule has 130 valence electrons. The van der Waals surface area contributed by atoms with Crippen molar-refractivity contribution in [3.8, 4) is 5.75 Å². The van der Waals surface area contributed by atoms with Gasteiger partial charge in [-0.15, -0.1) is 0 Å². The summed E-state index contributed by atoms with van der Waals surface area (Å²) in [6.45, 7) is 8.71. The molecular formula is C21H23NO3. The first-order valence-corrected chi connectivity index (χ1v) is 8.46. The van der Waals surface area contributed by atoms with Crippen LogP contribution in [-0.2, 0) is 16.8 Å². The number of ether oxygens (including phenoxy) is 1. The number of hydrogen-bond donors (Lipinski definition) is 0. The van der Waals surface area contributed by atoms with Gasteiger partial charge in [0.1, 0.15) is 12.0 Å². The van der Waals surface area contributed by atoms with E-state index in [0.717, 1.165) is 11.8 Å². The van der Waals surface area contributed by atoms with Crippen molar-refractivity contribution in [2.45, 2.75) is 45.8 Å². The summed E-state index contributed by atoms with van der Waals surface area (Å²) in [6.07, 6.45) is 0.238.